The van der Waals surface area contributed by atoms with Gasteiger partial charge in [0.15, 0.2) is 5.96 Å². The van der Waals surface area contributed by atoms with Gasteiger partial charge in [-0.25, -0.2) is 0 Å². The summed E-state index contributed by atoms with van der Waals surface area (Å²) in [6, 6.07) is 12.4. The highest BCUT2D eigenvalue weighted by atomic mass is 16.5. The summed E-state index contributed by atoms with van der Waals surface area (Å²) in [5, 5.41) is 3.49. The SMILES string of the molecule is CCOC(=O)C1CCCN(C(=NC)NCc2ccccc2CN(C)Cc2ccco2)C1. The second-order valence-corrected chi connectivity index (χ2v) is 7.96. The van der Waals surface area contributed by atoms with E-state index in [-0.39, 0.29) is 11.9 Å². The standard InChI is InChI=1S/C24H34N4O3/c1-4-30-23(29)21-11-7-13-28(17-21)24(25-2)26-15-19-9-5-6-10-20(19)16-27(3)18-22-12-8-14-31-22/h5-6,8-10,12,14,21H,4,7,11,13,15-18H2,1-3H3,(H,25,26). The molecule has 1 N–H and O–H groups in total. The van der Waals surface area contributed by atoms with Crippen molar-refractivity contribution in [2.75, 3.05) is 33.8 Å². The van der Waals surface area contributed by atoms with Gasteiger partial charge in [0.1, 0.15) is 5.76 Å². The molecule has 0 saturated carbocycles. The van der Waals surface area contributed by atoms with E-state index in [4.69, 9.17) is 9.15 Å². The van der Waals surface area contributed by atoms with Crippen LogP contribution in [0, 0.1) is 5.92 Å². The van der Waals surface area contributed by atoms with Crippen molar-refractivity contribution in [1.82, 2.24) is 15.1 Å². The minimum Gasteiger partial charge on any atom is -0.468 e. The Bertz CT molecular complexity index is 850. The molecule has 2 aromatic rings. The Kier molecular flexibility index (Phi) is 8.53. The van der Waals surface area contributed by atoms with Gasteiger partial charge < -0.3 is 19.4 Å². The largest absolute Gasteiger partial charge is 0.468 e. The summed E-state index contributed by atoms with van der Waals surface area (Å²) >= 11 is 0. The number of hydrogen-bond acceptors (Lipinski definition) is 5. The number of carbonyl (C=O) groups excluding carboxylic acids is 1. The number of guanidine groups is 1. The third-order valence-electron chi connectivity index (χ3n) is 5.55. The first-order valence-electron chi connectivity index (χ1n) is 11.0. The molecule has 1 aromatic heterocycles. The average Bonchev–Trinajstić information content (AvgIpc) is 3.28. The van der Waals surface area contributed by atoms with Crippen LogP contribution in [0.15, 0.2) is 52.1 Å². The number of likely N-dealkylation sites (tertiary alicyclic amines) is 1. The van der Waals surface area contributed by atoms with Gasteiger partial charge in [0.05, 0.1) is 25.3 Å². The van der Waals surface area contributed by atoms with Gasteiger partial charge in [-0.3, -0.25) is 14.7 Å². The summed E-state index contributed by atoms with van der Waals surface area (Å²) in [5.74, 6) is 1.59. The molecule has 3 rings (SSSR count). The van der Waals surface area contributed by atoms with E-state index in [9.17, 15) is 4.79 Å². The van der Waals surface area contributed by atoms with Crippen LogP contribution in [0.25, 0.3) is 0 Å². The van der Waals surface area contributed by atoms with Gasteiger partial charge in [-0.05, 0) is 50.1 Å². The first-order chi connectivity index (χ1) is 15.1. The van der Waals surface area contributed by atoms with Crippen molar-refractivity contribution < 1.29 is 13.9 Å². The normalized spacial score (nSPS) is 17.1. The highest BCUT2D eigenvalue weighted by Gasteiger charge is 2.28. The van der Waals surface area contributed by atoms with Crippen molar-refractivity contribution in [1.29, 1.82) is 0 Å². The highest BCUT2D eigenvalue weighted by molar-refractivity contribution is 5.81. The minimum atomic E-state index is -0.104. The number of nitrogens with one attached hydrogen (secondary N) is 1. The Morgan fingerprint density at radius 1 is 1.26 bits per heavy atom. The lowest BCUT2D eigenvalue weighted by atomic mass is 9.98. The maximum atomic E-state index is 12.2. The quantitative estimate of drug-likeness (QED) is 0.397. The molecule has 7 heteroatoms. The minimum absolute atomic E-state index is 0.0882. The Morgan fingerprint density at radius 2 is 2.06 bits per heavy atom. The highest BCUT2D eigenvalue weighted by Crippen LogP contribution is 2.19. The van der Waals surface area contributed by atoms with Crippen molar-refractivity contribution in [2.45, 2.75) is 39.4 Å². The molecular weight excluding hydrogens is 392 g/mol. The van der Waals surface area contributed by atoms with E-state index >= 15 is 0 Å². The molecule has 7 nitrogen and oxygen atoms in total. The summed E-state index contributed by atoms with van der Waals surface area (Å²) in [4.78, 5) is 21.0. The molecule has 0 spiro atoms. The van der Waals surface area contributed by atoms with E-state index in [1.165, 1.54) is 11.1 Å². The molecule has 1 saturated heterocycles. The number of piperidine rings is 1. The molecule has 1 aromatic carbocycles. The van der Waals surface area contributed by atoms with Gasteiger partial charge >= 0.3 is 5.97 Å². The monoisotopic (exact) mass is 426 g/mol. The van der Waals surface area contributed by atoms with E-state index in [0.29, 0.717) is 19.7 Å². The lowest BCUT2D eigenvalue weighted by molar-refractivity contribution is -0.149. The molecule has 31 heavy (non-hydrogen) atoms. The number of ether oxygens (including phenoxy) is 1. The molecule has 1 unspecified atom stereocenters. The van der Waals surface area contributed by atoms with Gasteiger partial charge in [-0.15, -0.1) is 0 Å². The van der Waals surface area contributed by atoms with Crippen LogP contribution in [0.4, 0.5) is 0 Å². The summed E-state index contributed by atoms with van der Waals surface area (Å²) < 4.78 is 10.7. The summed E-state index contributed by atoms with van der Waals surface area (Å²) in [6.07, 6.45) is 3.54. The third-order valence-corrected chi connectivity index (χ3v) is 5.55. The van der Waals surface area contributed by atoms with Crippen LogP contribution in [0.5, 0.6) is 0 Å². The summed E-state index contributed by atoms with van der Waals surface area (Å²) in [7, 11) is 3.88. The maximum Gasteiger partial charge on any atom is 0.310 e. The first-order valence-corrected chi connectivity index (χ1v) is 11.0. The number of aliphatic imine (C=N–C) groups is 1. The molecule has 0 aliphatic carbocycles. The number of carbonyl (C=O) groups is 1. The Balaban J connectivity index is 1.58. The zero-order valence-corrected chi connectivity index (χ0v) is 18.8. The molecule has 2 heterocycles. The van der Waals surface area contributed by atoms with Crippen molar-refractivity contribution >= 4 is 11.9 Å². The molecule has 1 aliphatic heterocycles. The van der Waals surface area contributed by atoms with Crippen LogP contribution in [-0.2, 0) is 29.2 Å². The fraction of sp³-hybridized carbons (Fsp3) is 0.500. The maximum absolute atomic E-state index is 12.2. The van der Waals surface area contributed by atoms with Crippen LogP contribution in [0.3, 0.4) is 0 Å². The van der Waals surface area contributed by atoms with Crippen LogP contribution in [0.2, 0.25) is 0 Å². The van der Waals surface area contributed by atoms with Gasteiger partial charge in [0, 0.05) is 33.2 Å². The Morgan fingerprint density at radius 3 is 2.77 bits per heavy atom. The topological polar surface area (TPSA) is 70.3 Å². The Hall–Kier alpha value is -2.80. The van der Waals surface area contributed by atoms with Crippen LogP contribution in [0.1, 0.15) is 36.7 Å². The first kappa shape index (κ1) is 22.9. The van der Waals surface area contributed by atoms with E-state index in [0.717, 1.165) is 44.2 Å². The number of hydrogen-bond donors (Lipinski definition) is 1. The van der Waals surface area contributed by atoms with Crippen molar-refractivity contribution in [3.63, 3.8) is 0 Å². The molecule has 0 bridgehead atoms. The predicted molar refractivity (Wildman–Crippen MR) is 121 cm³/mol. The molecule has 1 atom stereocenters. The molecule has 0 radical (unpaired) electrons. The number of furan rings is 1. The second-order valence-electron chi connectivity index (χ2n) is 7.96. The summed E-state index contributed by atoms with van der Waals surface area (Å²) in [6.45, 7) is 6.08. The van der Waals surface area contributed by atoms with E-state index in [2.05, 4.69) is 51.4 Å². The van der Waals surface area contributed by atoms with Crippen molar-refractivity contribution in [2.24, 2.45) is 10.9 Å². The van der Waals surface area contributed by atoms with E-state index < -0.39 is 0 Å². The molecule has 0 amide bonds. The van der Waals surface area contributed by atoms with Gasteiger partial charge in [-0.2, -0.15) is 0 Å². The molecular formula is C24H34N4O3. The number of esters is 1. The van der Waals surface area contributed by atoms with Gasteiger partial charge in [-0.1, -0.05) is 24.3 Å². The number of rotatable bonds is 8. The summed E-state index contributed by atoms with van der Waals surface area (Å²) in [5.41, 5.74) is 2.50. The average molecular weight is 427 g/mol. The van der Waals surface area contributed by atoms with Crippen LogP contribution >= 0.6 is 0 Å². The van der Waals surface area contributed by atoms with E-state index in [1.807, 2.05) is 19.1 Å². The van der Waals surface area contributed by atoms with E-state index in [1.54, 1.807) is 13.3 Å². The number of nitrogens with zero attached hydrogens (tertiary/aromatic N) is 3. The third kappa shape index (κ3) is 6.59. The van der Waals surface area contributed by atoms with Crippen LogP contribution in [-0.4, -0.2) is 55.5 Å². The fourth-order valence-electron chi connectivity index (χ4n) is 4.03. The van der Waals surface area contributed by atoms with Crippen molar-refractivity contribution in [3.05, 3.63) is 59.5 Å². The molecule has 168 valence electrons. The molecule has 1 fully saturated rings. The molecule has 1 aliphatic rings. The Labute approximate surface area is 185 Å². The van der Waals surface area contributed by atoms with Gasteiger partial charge in [0.2, 0.25) is 0 Å². The zero-order valence-electron chi connectivity index (χ0n) is 18.8. The van der Waals surface area contributed by atoms with Crippen molar-refractivity contribution in [3.8, 4) is 0 Å². The predicted octanol–water partition coefficient (Wildman–Crippen LogP) is 3.26. The second kappa shape index (κ2) is 11.6. The zero-order chi connectivity index (χ0) is 22.1. The lowest BCUT2D eigenvalue weighted by Gasteiger charge is -2.34. The lowest BCUT2D eigenvalue weighted by Crippen LogP contribution is -2.48. The number of benzene rings is 1. The smallest absolute Gasteiger partial charge is 0.310 e. The van der Waals surface area contributed by atoms with Crippen LogP contribution < -0.4 is 5.32 Å². The van der Waals surface area contributed by atoms with Gasteiger partial charge in [0.25, 0.3) is 0 Å². The fourth-order valence-corrected chi connectivity index (χ4v) is 4.03.